The topological polar surface area (TPSA) is 78.8 Å². The molecular formula is C4H2F2N2O3. The summed E-state index contributed by atoms with van der Waals surface area (Å²) in [5, 5.41) is 9.52. The highest BCUT2D eigenvalue weighted by molar-refractivity contribution is 6.17. The van der Waals surface area contributed by atoms with E-state index in [-0.39, 0.29) is 0 Å². The molecule has 0 aromatic carbocycles. The second-order valence-electron chi connectivity index (χ2n) is 1.77. The Morgan fingerprint density at radius 3 is 2.45 bits per heavy atom. The summed E-state index contributed by atoms with van der Waals surface area (Å²) < 4.78 is 24.4. The summed E-state index contributed by atoms with van der Waals surface area (Å²) in [6, 6.07) is -1.29. The van der Waals surface area contributed by atoms with E-state index in [2.05, 4.69) is 4.99 Å². The molecule has 0 saturated carbocycles. The predicted octanol–water partition coefficient (Wildman–Crippen LogP) is -0.172. The molecule has 0 atom stereocenters. The van der Waals surface area contributed by atoms with Gasteiger partial charge in [0.2, 0.25) is 0 Å². The summed E-state index contributed by atoms with van der Waals surface area (Å²) in [5.74, 6) is -7.73. The number of urea groups is 1. The third-order valence-corrected chi connectivity index (χ3v) is 0.994. The minimum Gasteiger partial charge on any atom is -0.492 e. The summed E-state index contributed by atoms with van der Waals surface area (Å²) >= 11 is 0. The summed E-state index contributed by atoms with van der Waals surface area (Å²) in [6.07, 6.45) is 0. The fourth-order valence-corrected chi connectivity index (χ4v) is 0.472. The standard InChI is InChI=1S/C4H2F2N2O3/c5-4(6)1(9)7-3(11)8-2(4)10/h(H2,7,8,9,10,11). The number of nitrogens with zero attached hydrogens (tertiary/aromatic N) is 1. The highest BCUT2D eigenvalue weighted by Crippen LogP contribution is 2.17. The first-order valence-corrected chi connectivity index (χ1v) is 2.46. The Hall–Kier alpha value is -1.53. The molecule has 3 amide bonds. The van der Waals surface area contributed by atoms with Crippen LogP contribution >= 0.6 is 0 Å². The third-order valence-electron chi connectivity index (χ3n) is 0.994. The van der Waals surface area contributed by atoms with Gasteiger partial charge in [0, 0.05) is 0 Å². The van der Waals surface area contributed by atoms with E-state index in [1.54, 1.807) is 0 Å². The maximum absolute atomic E-state index is 12.2. The van der Waals surface area contributed by atoms with Crippen molar-refractivity contribution in [3.8, 4) is 0 Å². The number of amides is 3. The molecule has 0 unspecified atom stereocenters. The van der Waals surface area contributed by atoms with Crippen molar-refractivity contribution in [2.45, 2.75) is 5.92 Å². The van der Waals surface area contributed by atoms with Crippen LogP contribution in [0, 0.1) is 0 Å². The summed E-state index contributed by atoms with van der Waals surface area (Å²) in [6.45, 7) is 0. The second kappa shape index (κ2) is 1.97. The van der Waals surface area contributed by atoms with Crippen molar-refractivity contribution in [3.63, 3.8) is 0 Å². The molecule has 1 aliphatic heterocycles. The van der Waals surface area contributed by atoms with E-state index < -0.39 is 23.8 Å². The van der Waals surface area contributed by atoms with Gasteiger partial charge >= 0.3 is 17.9 Å². The van der Waals surface area contributed by atoms with Crippen LogP contribution in [0.4, 0.5) is 13.6 Å². The normalized spacial score (nSPS) is 22.5. The van der Waals surface area contributed by atoms with Gasteiger partial charge in [-0.2, -0.15) is 13.8 Å². The van der Waals surface area contributed by atoms with Crippen LogP contribution in [0.15, 0.2) is 4.99 Å². The number of halogens is 2. The van der Waals surface area contributed by atoms with E-state index >= 15 is 0 Å². The molecular weight excluding hydrogens is 162 g/mol. The van der Waals surface area contributed by atoms with Gasteiger partial charge in [-0.15, -0.1) is 0 Å². The van der Waals surface area contributed by atoms with Crippen LogP contribution in [0.2, 0.25) is 0 Å². The molecule has 1 rings (SSSR count). The molecule has 2 N–H and O–H groups in total. The fourth-order valence-electron chi connectivity index (χ4n) is 0.472. The second-order valence-corrected chi connectivity index (χ2v) is 1.77. The number of alkyl halides is 2. The largest absolute Gasteiger partial charge is 0.492 e. The lowest BCUT2D eigenvalue weighted by atomic mass is 10.3. The van der Waals surface area contributed by atoms with Gasteiger partial charge in [0.25, 0.3) is 5.90 Å². The lowest BCUT2D eigenvalue weighted by molar-refractivity contribution is -0.137. The number of hydrogen-bond acceptors (Lipinski definition) is 2. The number of carbonyl (C=O) groups excluding carboxylic acids is 2. The maximum atomic E-state index is 12.2. The molecule has 7 heteroatoms. The molecule has 0 aromatic rings. The number of rotatable bonds is 0. The predicted molar refractivity (Wildman–Crippen MR) is 28.5 cm³/mol. The van der Waals surface area contributed by atoms with Gasteiger partial charge in [-0.3, -0.25) is 10.1 Å². The smallest absolute Gasteiger partial charge is 0.398 e. The van der Waals surface area contributed by atoms with Crippen molar-refractivity contribution < 1.29 is 23.5 Å². The van der Waals surface area contributed by atoms with Crippen LogP contribution in [0.25, 0.3) is 0 Å². The molecule has 0 fully saturated rings. The van der Waals surface area contributed by atoms with Crippen molar-refractivity contribution in [1.29, 1.82) is 0 Å². The zero-order valence-electron chi connectivity index (χ0n) is 4.97. The summed E-state index contributed by atoms with van der Waals surface area (Å²) in [5.41, 5.74) is 0. The maximum Gasteiger partial charge on any atom is 0.398 e. The molecule has 0 aliphatic carbocycles. The Morgan fingerprint density at radius 1 is 1.45 bits per heavy atom. The quantitative estimate of drug-likeness (QED) is 0.521. The van der Waals surface area contributed by atoms with Crippen molar-refractivity contribution in [3.05, 3.63) is 0 Å². The van der Waals surface area contributed by atoms with Gasteiger partial charge in [-0.25, -0.2) is 4.79 Å². The average Bonchev–Trinajstić information content (AvgIpc) is 1.84. The Labute approximate surface area is 58.7 Å². The van der Waals surface area contributed by atoms with Gasteiger partial charge in [0.1, 0.15) is 0 Å². The molecule has 0 spiro atoms. The minimum atomic E-state index is -4.09. The Balaban J connectivity index is 3.09. The number of imide groups is 1. The first-order valence-electron chi connectivity index (χ1n) is 2.46. The molecule has 60 valence electrons. The van der Waals surface area contributed by atoms with E-state index in [1.165, 1.54) is 5.32 Å². The van der Waals surface area contributed by atoms with Crippen molar-refractivity contribution >= 4 is 17.8 Å². The number of aliphatic hydroxyl groups excluding tert-OH is 1. The van der Waals surface area contributed by atoms with E-state index in [0.717, 1.165) is 0 Å². The van der Waals surface area contributed by atoms with E-state index in [9.17, 15) is 18.4 Å². The molecule has 0 aromatic heterocycles. The number of nitrogens with one attached hydrogen (secondary N) is 1. The molecule has 0 radical (unpaired) electrons. The van der Waals surface area contributed by atoms with E-state index in [1.807, 2.05) is 0 Å². The molecule has 1 heterocycles. The number of aliphatic hydroxyl groups is 1. The van der Waals surface area contributed by atoms with Crippen LogP contribution in [0.3, 0.4) is 0 Å². The first-order chi connectivity index (χ1) is 4.94. The molecule has 0 saturated heterocycles. The van der Waals surface area contributed by atoms with Gasteiger partial charge in [0.05, 0.1) is 0 Å². The lowest BCUT2D eigenvalue weighted by Gasteiger charge is -2.15. The van der Waals surface area contributed by atoms with Crippen LogP contribution in [0.5, 0.6) is 0 Å². The monoisotopic (exact) mass is 164 g/mol. The number of hydrogen-bond donors (Lipinski definition) is 2. The zero-order chi connectivity index (χ0) is 8.65. The summed E-state index contributed by atoms with van der Waals surface area (Å²) in [7, 11) is 0. The van der Waals surface area contributed by atoms with Gasteiger partial charge in [-0.1, -0.05) is 0 Å². The minimum absolute atomic E-state index is 1.22. The van der Waals surface area contributed by atoms with Gasteiger partial charge in [-0.05, 0) is 0 Å². The molecule has 5 nitrogen and oxygen atoms in total. The van der Waals surface area contributed by atoms with Crippen molar-refractivity contribution in [1.82, 2.24) is 5.32 Å². The van der Waals surface area contributed by atoms with Crippen molar-refractivity contribution in [2.24, 2.45) is 4.99 Å². The van der Waals surface area contributed by atoms with Crippen LogP contribution < -0.4 is 5.32 Å². The van der Waals surface area contributed by atoms with Crippen molar-refractivity contribution in [2.75, 3.05) is 0 Å². The zero-order valence-corrected chi connectivity index (χ0v) is 4.97. The van der Waals surface area contributed by atoms with Crippen LogP contribution in [0.1, 0.15) is 0 Å². The lowest BCUT2D eigenvalue weighted by Crippen LogP contribution is -2.51. The Morgan fingerprint density at radius 2 is 2.00 bits per heavy atom. The van der Waals surface area contributed by atoms with Crippen LogP contribution in [-0.4, -0.2) is 28.9 Å². The fraction of sp³-hybridized carbons (Fsp3) is 0.250. The molecule has 0 bridgehead atoms. The average molecular weight is 164 g/mol. The number of carbonyl (C=O) groups is 2. The summed E-state index contributed by atoms with van der Waals surface area (Å²) in [4.78, 5) is 22.8. The highest BCUT2D eigenvalue weighted by Gasteiger charge is 2.49. The van der Waals surface area contributed by atoms with E-state index in [0.29, 0.717) is 0 Å². The highest BCUT2D eigenvalue weighted by atomic mass is 19.3. The molecule has 11 heavy (non-hydrogen) atoms. The third kappa shape index (κ3) is 1.04. The Bertz CT molecular complexity index is 260. The SMILES string of the molecule is O=C1N=C(O)C(F)(F)C(=O)N1. The first kappa shape index (κ1) is 7.58. The van der Waals surface area contributed by atoms with E-state index in [4.69, 9.17) is 5.11 Å². The van der Waals surface area contributed by atoms with Gasteiger partial charge in [0.15, 0.2) is 0 Å². The molecule has 1 aliphatic rings. The Kier molecular flexibility index (Phi) is 1.36. The van der Waals surface area contributed by atoms with Crippen LogP contribution in [-0.2, 0) is 4.79 Å². The number of aliphatic imine (C=N–C) groups is 1. The van der Waals surface area contributed by atoms with Gasteiger partial charge < -0.3 is 5.11 Å².